The molecule has 0 aliphatic heterocycles. The fourth-order valence-electron chi connectivity index (χ4n) is 1.13. The number of rotatable bonds is 2. The highest BCUT2D eigenvalue weighted by atomic mass is 27.2. The van der Waals surface area contributed by atoms with E-state index in [0.29, 0.717) is 0 Å². The Morgan fingerprint density at radius 2 is 1.85 bits per heavy atom. The predicted octanol–water partition coefficient (Wildman–Crippen LogP) is 2.92. The molecule has 0 heterocycles. The molecule has 0 unspecified atom stereocenters. The average molecular weight is 186 g/mol. The van der Waals surface area contributed by atoms with Crippen molar-refractivity contribution in [3.63, 3.8) is 0 Å². The van der Waals surface area contributed by atoms with Crippen molar-refractivity contribution in [1.29, 1.82) is 0 Å². The van der Waals surface area contributed by atoms with Crippen LogP contribution in [-0.4, -0.2) is 14.1 Å². The second-order valence-corrected chi connectivity index (χ2v) is 6.06. The summed E-state index contributed by atoms with van der Waals surface area (Å²) < 4.78 is 0. The number of hydrogen-bond donors (Lipinski definition) is 0. The van der Waals surface area contributed by atoms with Gasteiger partial charge in [-0.3, -0.25) is 0 Å². The lowest BCUT2D eigenvalue weighted by molar-refractivity contribution is 1.03. The van der Waals surface area contributed by atoms with E-state index >= 15 is 0 Å². The summed E-state index contributed by atoms with van der Waals surface area (Å²) in [6.45, 7) is 0. The third kappa shape index (κ3) is 4.79. The monoisotopic (exact) mass is 186 g/mol. The fourth-order valence-corrected chi connectivity index (χ4v) is 1.68. The summed E-state index contributed by atoms with van der Waals surface area (Å²) in [7, 11) is 0. The lowest BCUT2D eigenvalue weighted by atomic mass is 10.1. The van der Waals surface area contributed by atoms with Crippen molar-refractivity contribution >= 4 is 14.1 Å². The molecule has 0 N–H and O–H groups in total. The largest absolute Gasteiger partial charge is 0.369 e. The molecule has 1 heteroatoms. The Kier molecular flexibility index (Phi) is 4.70. The first-order chi connectivity index (χ1) is 6.29. The van der Waals surface area contributed by atoms with Crippen LogP contribution in [0.5, 0.6) is 0 Å². The van der Waals surface area contributed by atoms with Crippen molar-refractivity contribution in [1.82, 2.24) is 0 Å². The van der Waals surface area contributed by atoms with E-state index in [9.17, 15) is 0 Å². The molecule has 0 aromatic heterocycles. The second-order valence-electron chi connectivity index (χ2n) is 3.46. The Bertz CT molecular complexity index is 290. The quantitative estimate of drug-likeness (QED) is 0.492. The lowest BCUT2D eigenvalue weighted by Crippen LogP contribution is -1.93. The minimum absolute atomic E-state index is 0.657. The lowest BCUT2D eigenvalue weighted by Gasteiger charge is -1.94. The first-order valence-corrected chi connectivity index (χ1v) is 7.70. The third-order valence-corrected chi connectivity index (χ3v) is 2.55. The topological polar surface area (TPSA) is 0 Å². The van der Waals surface area contributed by atoms with Gasteiger partial charge in [0.1, 0.15) is 0 Å². The minimum atomic E-state index is -0.657. The minimum Gasteiger partial charge on any atom is -0.205 e. The number of aryl methyl sites for hydroxylation is 1. The summed E-state index contributed by atoms with van der Waals surface area (Å²) in [5.41, 5.74) is 1.39. The van der Waals surface area contributed by atoms with Crippen molar-refractivity contribution in [3.05, 3.63) is 35.9 Å². The van der Waals surface area contributed by atoms with Crippen LogP contribution in [0.15, 0.2) is 30.3 Å². The molecule has 1 aromatic rings. The highest BCUT2D eigenvalue weighted by Gasteiger charge is 1.93. The van der Waals surface area contributed by atoms with Crippen LogP contribution in [0.25, 0.3) is 0 Å². The van der Waals surface area contributed by atoms with Gasteiger partial charge in [0.25, 0.3) is 0 Å². The van der Waals surface area contributed by atoms with Gasteiger partial charge in [0, 0.05) is 6.42 Å². The van der Waals surface area contributed by atoms with Gasteiger partial charge in [-0.25, -0.2) is 4.78 Å². The van der Waals surface area contributed by atoms with Gasteiger partial charge < -0.3 is 0 Å². The Morgan fingerprint density at radius 1 is 1.15 bits per heavy atom. The van der Waals surface area contributed by atoms with Gasteiger partial charge in [-0.05, 0) is 12.0 Å². The van der Waals surface area contributed by atoms with Crippen LogP contribution in [0.3, 0.4) is 0 Å². The molecule has 0 atom stereocenters. The molecular formula is C12H15Al. The van der Waals surface area contributed by atoms with E-state index in [2.05, 4.69) is 52.6 Å². The summed E-state index contributed by atoms with van der Waals surface area (Å²) in [6.07, 6.45) is 2.10. The van der Waals surface area contributed by atoms with E-state index < -0.39 is 14.1 Å². The van der Waals surface area contributed by atoms with Crippen LogP contribution in [0, 0.1) is 10.7 Å². The maximum atomic E-state index is 3.30. The molecule has 0 saturated carbocycles. The standard InChI is InChI=1S/C10H9.2CH3.Al/c1-2-3-7-10-8-5-4-6-9-10;;;/h4-6,8-9H,3,7H2;2*1H3;. The summed E-state index contributed by atoms with van der Waals surface area (Å²) in [4.78, 5) is 3.30. The summed E-state index contributed by atoms with van der Waals surface area (Å²) in [6, 6.07) is 10.5. The van der Waals surface area contributed by atoms with Crippen molar-refractivity contribution in [2.45, 2.75) is 24.4 Å². The molecule has 0 spiro atoms. The van der Waals surface area contributed by atoms with Crippen molar-refractivity contribution in [2.75, 3.05) is 0 Å². The normalized spacial score (nSPS) is 8.77. The molecule has 0 amide bonds. The Hall–Kier alpha value is -0.688. The Balaban J connectivity index is 2.33. The Morgan fingerprint density at radius 3 is 2.46 bits per heavy atom. The molecule has 0 bridgehead atoms. The highest BCUT2D eigenvalue weighted by molar-refractivity contribution is 6.64. The zero-order chi connectivity index (χ0) is 9.52. The predicted molar refractivity (Wildman–Crippen MR) is 60.0 cm³/mol. The molecule has 0 radical (unpaired) electrons. The number of benzene rings is 1. The van der Waals surface area contributed by atoms with Crippen LogP contribution in [0.2, 0.25) is 11.6 Å². The molecule has 0 saturated heterocycles. The van der Waals surface area contributed by atoms with Gasteiger partial charge in [-0.1, -0.05) is 41.9 Å². The van der Waals surface area contributed by atoms with E-state index in [1.807, 2.05) is 0 Å². The fraction of sp³-hybridized carbons (Fsp3) is 0.333. The van der Waals surface area contributed by atoms with Gasteiger partial charge in [0.15, 0.2) is 0 Å². The summed E-state index contributed by atoms with van der Waals surface area (Å²) in [5.74, 6) is 7.76. The molecule has 0 fully saturated rings. The smallest absolute Gasteiger partial charge is 0.205 e. The average Bonchev–Trinajstić information content (AvgIpc) is 2.14. The van der Waals surface area contributed by atoms with Crippen LogP contribution in [0.1, 0.15) is 12.0 Å². The first kappa shape index (κ1) is 10.4. The van der Waals surface area contributed by atoms with Crippen molar-refractivity contribution in [2.24, 2.45) is 0 Å². The Labute approximate surface area is 85.4 Å². The van der Waals surface area contributed by atoms with E-state index in [0.717, 1.165) is 12.8 Å². The van der Waals surface area contributed by atoms with E-state index in [1.165, 1.54) is 5.56 Å². The summed E-state index contributed by atoms with van der Waals surface area (Å²) >= 11 is -0.657. The zero-order valence-corrected chi connectivity index (χ0v) is 9.53. The highest BCUT2D eigenvalue weighted by Crippen LogP contribution is 2.01. The van der Waals surface area contributed by atoms with Gasteiger partial charge >= 0.3 is 14.1 Å². The van der Waals surface area contributed by atoms with Crippen molar-refractivity contribution in [3.8, 4) is 10.7 Å². The molecule has 13 heavy (non-hydrogen) atoms. The maximum absolute atomic E-state index is 3.30. The molecule has 0 aliphatic rings. The van der Waals surface area contributed by atoms with Gasteiger partial charge in [0.05, 0.1) is 0 Å². The molecular weight excluding hydrogens is 171 g/mol. The molecule has 0 nitrogen and oxygen atoms in total. The van der Waals surface area contributed by atoms with Crippen LogP contribution < -0.4 is 0 Å². The first-order valence-electron chi connectivity index (χ1n) is 4.81. The zero-order valence-electron chi connectivity index (χ0n) is 8.38. The molecule has 1 rings (SSSR count). The van der Waals surface area contributed by atoms with Crippen LogP contribution in [-0.2, 0) is 6.42 Å². The van der Waals surface area contributed by atoms with E-state index in [4.69, 9.17) is 0 Å². The van der Waals surface area contributed by atoms with E-state index in [1.54, 1.807) is 0 Å². The van der Waals surface area contributed by atoms with Crippen molar-refractivity contribution < 1.29 is 0 Å². The number of hydrogen-bond acceptors (Lipinski definition) is 0. The van der Waals surface area contributed by atoms with Gasteiger partial charge in [-0.15, -0.1) is 5.92 Å². The molecule has 1 aromatic carbocycles. The van der Waals surface area contributed by atoms with Crippen LogP contribution >= 0.6 is 0 Å². The summed E-state index contributed by atoms with van der Waals surface area (Å²) in [5, 5.41) is 0. The molecule has 0 aliphatic carbocycles. The van der Waals surface area contributed by atoms with E-state index in [-0.39, 0.29) is 0 Å². The van der Waals surface area contributed by atoms with Gasteiger partial charge in [-0.2, -0.15) is 0 Å². The maximum Gasteiger partial charge on any atom is 0.369 e. The van der Waals surface area contributed by atoms with Crippen LogP contribution in [0.4, 0.5) is 0 Å². The van der Waals surface area contributed by atoms with Gasteiger partial charge in [0.2, 0.25) is 0 Å². The molecule has 66 valence electrons. The second kappa shape index (κ2) is 5.87. The third-order valence-electron chi connectivity index (χ3n) is 1.77. The SMILES string of the molecule is [CH3][Al]([CH3])[C]#CCCc1ccccc1.